The minimum absolute atomic E-state index is 0.0126. The number of hydrogen-bond acceptors (Lipinski definition) is 4. The smallest absolute Gasteiger partial charge is 0.345 e. The Hall–Kier alpha value is -7.50. The molecule has 312 valence electrons. The molecule has 5 nitrogen and oxygen atoms in total. The monoisotopic (exact) mass is 833 g/mol. The van der Waals surface area contributed by atoms with Crippen molar-refractivity contribution in [3.63, 3.8) is 0 Å². The molecule has 3 aromatic heterocycles. The van der Waals surface area contributed by atoms with Crippen molar-refractivity contribution in [3.8, 4) is 44.8 Å². The molecule has 0 aliphatic rings. The topological polar surface area (TPSA) is 65.3 Å². The Morgan fingerprint density at radius 2 is 1.14 bits per heavy atom. The van der Waals surface area contributed by atoms with E-state index in [1.165, 1.54) is 11.1 Å². The van der Waals surface area contributed by atoms with Crippen molar-refractivity contribution in [2.75, 3.05) is 0 Å². The summed E-state index contributed by atoms with van der Waals surface area (Å²) in [5, 5.41) is 10.4. The van der Waals surface area contributed by atoms with Crippen molar-refractivity contribution in [3.05, 3.63) is 190 Å². The lowest BCUT2D eigenvalue weighted by Crippen LogP contribution is -2.10. The summed E-state index contributed by atoms with van der Waals surface area (Å²) in [6.45, 7) is 8.85. The zero-order chi connectivity index (χ0) is 43.9. The second-order valence-electron chi connectivity index (χ2n) is 18.2. The number of unbranched alkanes of at least 4 members (excludes halogenated alkanes) is 1. The van der Waals surface area contributed by atoms with E-state index in [-0.39, 0.29) is 16.7 Å². The number of benzene rings is 8. The van der Waals surface area contributed by atoms with Gasteiger partial charge in [-0.1, -0.05) is 155 Å². The molecule has 0 saturated carbocycles. The molecule has 8 aromatic carbocycles. The second-order valence-corrected chi connectivity index (χ2v) is 18.2. The van der Waals surface area contributed by atoms with Gasteiger partial charge in [0, 0.05) is 34.5 Å². The Balaban J connectivity index is 1.04. The lowest BCUT2D eigenvalue weighted by Gasteiger charge is -2.19. The van der Waals surface area contributed by atoms with Gasteiger partial charge in [-0.25, -0.2) is 9.59 Å². The molecule has 0 bridgehead atoms. The van der Waals surface area contributed by atoms with Crippen LogP contribution in [0.5, 0.6) is 0 Å². The molecule has 0 fully saturated rings. The summed E-state index contributed by atoms with van der Waals surface area (Å²) in [5.74, 6) is 0. The zero-order valence-corrected chi connectivity index (χ0v) is 36.7. The average molecular weight is 834 g/mol. The summed E-state index contributed by atoms with van der Waals surface area (Å²) in [5.41, 5.74) is 9.76. The molecule has 3 heterocycles. The average Bonchev–Trinajstić information content (AvgIpc) is 3.68. The van der Waals surface area contributed by atoms with Gasteiger partial charge in [-0.05, 0) is 120 Å². The largest absolute Gasteiger partial charge is 0.422 e. The van der Waals surface area contributed by atoms with E-state index in [0.717, 1.165) is 107 Å². The molecule has 0 aliphatic carbocycles. The number of nitrogens with zero attached hydrogens (tertiary/aromatic N) is 1. The van der Waals surface area contributed by atoms with Crippen molar-refractivity contribution in [1.82, 2.24) is 4.57 Å². The van der Waals surface area contributed by atoms with Crippen LogP contribution in [0.1, 0.15) is 51.7 Å². The van der Waals surface area contributed by atoms with Crippen LogP contribution in [-0.4, -0.2) is 4.57 Å². The third-order valence-corrected chi connectivity index (χ3v) is 13.3. The lowest BCUT2D eigenvalue weighted by molar-refractivity contribution is 0.563. The maximum Gasteiger partial charge on any atom is 0.345 e. The molecule has 0 unspecified atom stereocenters. The van der Waals surface area contributed by atoms with E-state index in [1.807, 2.05) is 49.5 Å². The summed E-state index contributed by atoms with van der Waals surface area (Å²) in [7, 11) is 2.03. The number of rotatable bonds is 7. The predicted molar refractivity (Wildman–Crippen MR) is 267 cm³/mol. The maximum atomic E-state index is 13.9. The van der Waals surface area contributed by atoms with Crippen molar-refractivity contribution < 1.29 is 8.83 Å². The molecule has 0 aliphatic heterocycles. The number of aryl methyl sites for hydroxylation is 1. The molecular formula is C59H47NO4. The van der Waals surface area contributed by atoms with Gasteiger partial charge in [0.25, 0.3) is 0 Å². The van der Waals surface area contributed by atoms with Gasteiger partial charge in [-0.15, -0.1) is 0 Å². The molecule has 0 spiro atoms. The normalized spacial score (nSPS) is 12.1. The van der Waals surface area contributed by atoms with Crippen molar-refractivity contribution in [2.45, 2.75) is 52.4 Å². The summed E-state index contributed by atoms with van der Waals surface area (Å²) in [6.07, 6.45) is 3.22. The van der Waals surface area contributed by atoms with Gasteiger partial charge in [0.15, 0.2) is 0 Å². The van der Waals surface area contributed by atoms with Crippen LogP contribution >= 0.6 is 0 Å². The van der Waals surface area contributed by atoms with Crippen LogP contribution in [0.2, 0.25) is 0 Å². The van der Waals surface area contributed by atoms with E-state index >= 15 is 0 Å². The first-order valence-corrected chi connectivity index (χ1v) is 22.3. The minimum Gasteiger partial charge on any atom is -0.422 e. The standard InChI is InChI=1S/C59H47NO4/c1-6-7-14-35-15-13-22-47-41(35)26-23-39-33-48(57(61)64-56(39)47)36-16-12-17-38(31-36)54-43-18-8-10-20-45(43)55(46-21-11-9-19-44(46)54)52-29-28-51(60(52)5)50-34-49-42-27-25-40(59(2,3)4)32-37(42)24-30-53(49)63-58(50)62/h8-13,15-34H,6-7,14H2,1-5H3. The quantitative estimate of drug-likeness (QED) is 0.0911. The molecule has 11 aromatic rings. The Morgan fingerprint density at radius 3 is 1.88 bits per heavy atom. The first-order valence-electron chi connectivity index (χ1n) is 22.3. The summed E-state index contributed by atoms with van der Waals surface area (Å²) < 4.78 is 14.3. The fourth-order valence-electron chi connectivity index (χ4n) is 9.95. The number of fused-ring (bicyclic) bond motifs is 8. The van der Waals surface area contributed by atoms with Crippen molar-refractivity contribution >= 4 is 65.0 Å². The molecule has 64 heavy (non-hydrogen) atoms. The van der Waals surface area contributed by atoms with Crippen LogP contribution in [0.4, 0.5) is 0 Å². The Kier molecular flexibility index (Phi) is 9.28. The summed E-state index contributed by atoms with van der Waals surface area (Å²) >= 11 is 0. The molecular weight excluding hydrogens is 787 g/mol. The Labute approximate surface area is 370 Å². The fourth-order valence-corrected chi connectivity index (χ4v) is 9.95. The van der Waals surface area contributed by atoms with Gasteiger partial charge in [-0.2, -0.15) is 0 Å². The predicted octanol–water partition coefficient (Wildman–Crippen LogP) is 15.2. The highest BCUT2D eigenvalue weighted by atomic mass is 16.4. The van der Waals surface area contributed by atoms with E-state index in [9.17, 15) is 9.59 Å². The van der Waals surface area contributed by atoms with Crippen molar-refractivity contribution in [1.29, 1.82) is 0 Å². The molecule has 11 rings (SSSR count). The van der Waals surface area contributed by atoms with Crippen LogP contribution in [0.3, 0.4) is 0 Å². The number of aromatic nitrogens is 1. The van der Waals surface area contributed by atoms with E-state index in [1.54, 1.807) is 0 Å². The van der Waals surface area contributed by atoms with E-state index in [4.69, 9.17) is 8.83 Å². The molecule has 0 radical (unpaired) electrons. The van der Waals surface area contributed by atoms with Gasteiger partial charge in [0.2, 0.25) is 0 Å². The van der Waals surface area contributed by atoms with Gasteiger partial charge >= 0.3 is 11.3 Å². The lowest BCUT2D eigenvalue weighted by atomic mass is 9.85. The molecule has 0 N–H and O–H groups in total. The Morgan fingerprint density at radius 1 is 0.500 bits per heavy atom. The van der Waals surface area contributed by atoms with Crippen LogP contribution in [0, 0.1) is 0 Å². The summed E-state index contributed by atoms with van der Waals surface area (Å²) in [4.78, 5) is 27.7. The number of hydrogen-bond donors (Lipinski definition) is 0. The first kappa shape index (κ1) is 39.4. The van der Waals surface area contributed by atoms with Crippen molar-refractivity contribution in [2.24, 2.45) is 7.05 Å². The van der Waals surface area contributed by atoms with E-state index in [0.29, 0.717) is 22.3 Å². The van der Waals surface area contributed by atoms with E-state index < -0.39 is 0 Å². The highest BCUT2D eigenvalue weighted by molar-refractivity contribution is 6.21. The Bertz CT molecular complexity index is 3760. The van der Waals surface area contributed by atoms with Gasteiger partial charge in [0.1, 0.15) is 11.2 Å². The van der Waals surface area contributed by atoms with E-state index in [2.05, 4.69) is 148 Å². The molecule has 0 saturated heterocycles. The first-order chi connectivity index (χ1) is 31.1. The van der Waals surface area contributed by atoms with Crippen LogP contribution in [-0.2, 0) is 18.9 Å². The van der Waals surface area contributed by atoms with Gasteiger partial charge in [0.05, 0.1) is 16.8 Å². The zero-order valence-electron chi connectivity index (χ0n) is 36.7. The van der Waals surface area contributed by atoms with Crippen LogP contribution in [0.25, 0.3) is 110 Å². The molecule has 0 atom stereocenters. The fraction of sp³-hybridized carbons (Fsp3) is 0.153. The summed E-state index contributed by atoms with van der Waals surface area (Å²) in [6, 6.07) is 54.4. The van der Waals surface area contributed by atoms with Crippen LogP contribution < -0.4 is 11.3 Å². The SMILES string of the molecule is CCCCc1cccc2c1ccc1cc(-c3cccc(-c4c5ccccc5c(-c5ccc(-c6cc7c(ccc8cc(C(C)(C)C)ccc87)oc6=O)n5C)c5ccccc45)c3)c(=O)oc12. The van der Waals surface area contributed by atoms with Gasteiger partial charge in [-0.3, -0.25) is 0 Å². The van der Waals surface area contributed by atoms with Crippen LogP contribution in [0.15, 0.2) is 176 Å². The second kappa shape index (κ2) is 15.1. The highest BCUT2D eigenvalue weighted by Gasteiger charge is 2.22. The maximum absolute atomic E-state index is 13.9. The van der Waals surface area contributed by atoms with Gasteiger partial charge < -0.3 is 13.4 Å². The molecule has 0 amide bonds. The minimum atomic E-state index is -0.374. The molecule has 5 heteroatoms. The highest BCUT2D eigenvalue weighted by Crippen LogP contribution is 2.45. The third kappa shape index (κ3) is 6.37. The third-order valence-electron chi connectivity index (χ3n) is 13.3.